The molecule has 2 rings (SSSR count). The Hall–Kier alpha value is -0.0200. The van der Waals surface area contributed by atoms with Crippen LogP contribution in [0.5, 0.6) is 0 Å². The maximum Gasteiger partial charge on any atom is 0.127 e. The van der Waals surface area contributed by atoms with Crippen LogP contribution in [-0.4, -0.2) is 41.3 Å². The lowest BCUT2D eigenvalue weighted by Gasteiger charge is -2.43. The van der Waals surface area contributed by atoms with Crippen LogP contribution in [0.4, 0.5) is 0 Å². The Morgan fingerprint density at radius 3 is 2.53 bits per heavy atom. The maximum absolute atomic E-state index is 11.5. The Kier molecular flexibility index (Phi) is 4.19. The molecule has 1 aliphatic heterocycles. The predicted molar refractivity (Wildman–Crippen MR) is 74.6 cm³/mol. The monoisotopic (exact) mass is 255 g/mol. The molecular formula is C14H25NOS. The number of hydrogen-bond acceptors (Lipinski definition) is 3. The molecule has 0 aromatic rings. The van der Waals surface area contributed by atoms with Crippen LogP contribution in [0.25, 0.3) is 0 Å². The number of rotatable bonds is 3. The zero-order chi connectivity index (χ0) is 12.4. The summed E-state index contributed by atoms with van der Waals surface area (Å²) in [7, 11) is 0. The first-order valence-corrected chi connectivity index (χ1v) is 7.87. The van der Waals surface area contributed by atoms with Gasteiger partial charge in [-0.2, -0.15) is 11.8 Å². The molecule has 2 aliphatic rings. The van der Waals surface area contributed by atoms with Crippen LogP contribution in [0.15, 0.2) is 0 Å². The fourth-order valence-electron chi connectivity index (χ4n) is 3.26. The van der Waals surface area contributed by atoms with Crippen LogP contribution in [0, 0.1) is 5.41 Å². The Labute approximate surface area is 110 Å². The van der Waals surface area contributed by atoms with Crippen molar-refractivity contribution in [2.45, 2.75) is 50.7 Å². The third-order valence-electron chi connectivity index (χ3n) is 4.14. The van der Waals surface area contributed by atoms with Crippen molar-refractivity contribution in [2.24, 2.45) is 5.41 Å². The van der Waals surface area contributed by atoms with Gasteiger partial charge in [-0.1, -0.05) is 19.3 Å². The van der Waals surface area contributed by atoms with Crippen molar-refractivity contribution in [2.75, 3.05) is 25.4 Å². The lowest BCUT2D eigenvalue weighted by molar-refractivity contribution is -0.119. The van der Waals surface area contributed by atoms with Gasteiger partial charge in [-0.05, 0) is 26.7 Å². The molecule has 1 aliphatic carbocycles. The van der Waals surface area contributed by atoms with Gasteiger partial charge in [0.25, 0.3) is 0 Å². The molecule has 17 heavy (non-hydrogen) atoms. The van der Waals surface area contributed by atoms with Crippen molar-refractivity contribution < 1.29 is 4.79 Å². The van der Waals surface area contributed by atoms with E-state index in [4.69, 9.17) is 0 Å². The minimum atomic E-state index is -0.0175. The number of aldehydes is 1. The van der Waals surface area contributed by atoms with Gasteiger partial charge >= 0.3 is 0 Å². The number of thioether (sulfide) groups is 1. The number of nitrogens with zero attached hydrogens (tertiary/aromatic N) is 1. The molecule has 1 saturated heterocycles. The van der Waals surface area contributed by atoms with E-state index < -0.39 is 0 Å². The quantitative estimate of drug-likeness (QED) is 0.723. The molecule has 98 valence electrons. The number of carbonyl (C=O) groups excluding carboxylic acids is 1. The Bertz CT molecular complexity index is 271. The Morgan fingerprint density at radius 2 is 1.94 bits per heavy atom. The molecule has 1 saturated carbocycles. The minimum Gasteiger partial charge on any atom is -0.303 e. The van der Waals surface area contributed by atoms with Crippen molar-refractivity contribution in [3.05, 3.63) is 0 Å². The summed E-state index contributed by atoms with van der Waals surface area (Å²) in [6.07, 6.45) is 7.29. The van der Waals surface area contributed by atoms with Crippen LogP contribution in [0.2, 0.25) is 0 Å². The molecule has 0 aromatic carbocycles. The second-order valence-electron chi connectivity index (χ2n) is 6.36. The summed E-state index contributed by atoms with van der Waals surface area (Å²) in [5.41, 5.74) is -0.0175. The molecule has 3 heteroatoms. The fourth-order valence-corrected chi connectivity index (χ4v) is 4.44. The SMILES string of the molecule is CC1(C)CN(CC2(C=O)CCCCC2)CCS1. The van der Waals surface area contributed by atoms with E-state index in [9.17, 15) is 4.79 Å². The highest BCUT2D eigenvalue weighted by molar-refractivity contribution is 8.00. The van der Waals surface area contributed by atoms with Gasteiger partial charge in [0, 0.05) is 35.5 Å². The second kappa shape index (κ2) is 5.31. The van der Waals surface area contributed by atoms with Crippen LogP contribution < -0.4 is 0 Å². The molecule has 2 fully saturated rings. The number of carbonyl (C=O) groups is 1. The lowest BCUT2D eigenvalue weighted by Crippen LogP contribution is -2.48. The summed E-state index contributed by atoms with van der Waals surface area (Å²) in [5.74, 6) is 1.21. The highest BCUT2D eigenvalue weighted by Gasteiger charge is 2.36. The summed E-state index contributed by atoms with van der Waals surface area (Å²) in [6, 6.07) is 0. The van der Waals surface area contributed by atoms with E-state index in [0.717, 1.165) is 32.5 Å². The van der Waals surface area contributed by atoms with Crippen molar-refractivity contribution in [1.29, 1.82) is 0 Å². The Balaban J connectivity index is 1.96. The van der Waals surface area contributed by atoms with E-state index in [2.05, 4.69) is 30.5 Å². The zero-order valence-corrected chi connectivity index (χ0v) is 12.0. The van der Waals surface area contributed by atoms with Crippen LogP contribution >= 0.6 is 11.8 Å². The number of hydrogen-bond donors (Lipinski definition) is 0. The second-order valence-corrected chi connectivity index (χ2v) is 8.16. The summed E-state index contributed by atoms with van der Waals surface area (Å²) >= 11 is 2.06. The summed E-state index contributed by atoms with van der Waals surface area (Å²) in [6.45, 7) is 7.92. The standard InChI is InChI=1S/C14H25NOS/c1-13(2)10-15(8-9-17-13)11-14(12-16)6-4-3-5-7-14/h12H,3-11H2,1-2H3. The van der Waals surface area contributed by atoms with Crippen LogP contribution in [0.3, 0.4) is 0 Å². The van der Waals surface area contributed by atoms with Gasteiger partial charge in [-0.25, -0.2) is 0 Å². The molecule has 1 heterocycles. The van der Waals surface area contributed by atoms with E-state index in [1.807, 2.05) is 0 Å². The van der Waals surface area contributed by atoms with Gasteiger partial charge in [-0.15, -0.1) is 0 Å². The average molecular weight is 255 g/mol. The topological polar surface area (TPSA) is 20.3 Å². The third-order valence-corrected chi connectivity index (χ3v) is 5.44. The van der Waals surface area contributed by atoms with Gasteiger partial charge in [0.05, 0.1) is 0 Å². The third kappa shape index (κ3) is 3.47. The Morgan fingerprint density at radius 1 is 1.24 bits per heavy atom. The molecule has 0 N–H and O–H groups in total. The van der Waals surface area contributed by atoms with Crippen LogP contribution in [0.1, 0.15) is 46.0 Å². The van der Waals surface area contributed by atoms with Crippen molar-refractivity contribution in [3.63, 3.8) is 0 Å². The normalized spacial score (nSPS) is 28.8. The molecule has 0 unspecified atom stereocenters. The first kappa shape index (κ1) is 13.4. The van der Waals surface area contributed by atoms with Gasteiger partial charge in [0.1, 0.15) is 6.29 Å². The average Bonchev–Trinajstić information content (AvgIpc) is 2.29. The van der Waals surface area contributed by atoms with Gasteiger partial charge in [0.15, 0.2) is 0 Å². The summed E-state index contributed by atoms with van der Waals surface area (Å²) < 4.78 is 0.358. The minimum absolute atomic E-state index is 0.0175. The molecule has 0 amide bonds. The maximum atomic E-state index is 11.5. The van der Waals surface area contributed by atoms with E-state index in [1.165, 1.54) is 31.3 Å². The van der Waals surface area contributed by atoms with E-state index in [0.29, 0.717) is 4.75 Å². The smallest absolute Gasteiger partial charge is 0.127 e. The highest BCUT2D eigenvalue weighted by atomic mass is 32.2. The van der Waals surface area contributed by atoms with Crippen molar-refractivity contribution >= 4 is 18.0 Å². The van der Waals surface area contributed by atoms with E-state index in [1.54, 1.807) is 0 Å². The molecule has 0 aromatic heterocycles. The zero-order valence-electron chi connectivity index (χ0n) is 11.2. The predicted octanol–water partition coefficient (Wildman–Crippen LogP) is 2.96. The molecule has 0 radical (unpaired) electrons. The van der Waals surface area contributed by atoms with Gasteiger partial charge < -0.3 is 9.69 Å². The molecular weight excluding hydrogens is 230 g/mol. The van der Waals surface area contributed by atoms with Crippen molar-refractivity contribution in [1.82, 2.24) is 4.90 Å². The fraction of sp³-hybridized carbons (Fsp3) is 0.929. The lowest BCUT2D eigenvalue weighted by atomic mass is 9.75. The van der Waals surface area contributed by atoms with Crippen LogP contribution in [-0.2, 0) is 4.79 Å². The first-order valence-electron chi connectivity index (χ1n) is 6.88. The van der Waals surface area contributed by atoms with Gasteiger partial charge in [0.2, 0.25) is 0 Å². The molecule has 0 bridgehead atoms. The summed E-state index contributed by atoms with van der Waals surface area (Å²) in [5, 5.41) is 0. The molecule has 0 atom stereocenters. The highest BCUT2D eigenvalue weighted by Crippen LogP contribution is 2.37. The van der Waals surface area contributed by atoms with E-state index in [-0.39, 0.29) is 5.41 Å². The van der Waals surface area contributed by atoms with Crippen molar-refractivity contribution in [3.8, 4) is 0 Å². The summed E-state index contributed by atoms with van der Waals surface area (Å²) in [4.78, 5) is 14.0. The molecule has 2 nitrogen and oxygen atoms in total. The largest absolute Gasteiger partial charge is 0.303 e. The molecule has 0 spiro atoms. The van der Waals surface area contributed by atoms with Gasteiger partial charge in [-0.3, -0.25) is 0 Å². The van der Waals surface area contributed by atoms with E-state index >= 15 is 0 Å². The first-order chi connectivity index (χ1) is 8.05.